The van der Waals surface area contributed by atoms with Gasteiger partial charge in [-0.05, 0) is 30.7 Å². The number of sulfonamides is 1. The lowest BCUT2D eigenvalue weighted by Gasteiger charge is -2.07. The summed E-state index contributed by atoms with van der Waals surface area (Å²) in [5.41, 5.74) is 1.78. The molecule has 0 saturated heterocycles. The Bertz CT molecular complexity index is 918. The van der Waals surface area contributed by atoms with Crippen molar-refractivity contribution in [2.75, 3.05) is 19.0 Å². The second kappa shape index (κ2) is 8.15. The predicted octanol–water partition coefficient (Wildman–Crippen LogP) is 1.43. The van der Waals surface area contributed by atoms with E-state index in [0.29, 0.717) is 5.69 Å². The fourth-order valence-corrected chi connectivity index (χ4v) is 3.42. The van der Waals surface area contributed by atoms with Crippen LogP contribution < -0.4 is 10.0 Å². The van der Waals surface area contributed by atoms with Gasteiger partial charge >= 0.3 is 5.97 Å². The summed E-state index contributed by atoms with van der Waals surface area (Å²) in [5, 5.41) is 2.71. The van der Waals surface area contributed by atoms with Gasteiger partial charge in [0.25, 0.3) is 0 Å². The van der Waals surface area contributed by atoms with E-state index >= 15 is 0 Å². The van der Waals surface area contributed by atoms with Crippen molar-refractivity contribution in [1.82, 2.24) is 9.29 Å². The van der Waals surface area contributed by atoms with E-state index in [9.17, 15) is 18.0 Å². The highest BCUT2D eigenvalue weighted by atomic mass is 32.2. The van der Waals surface area contributed by atoms with Crippen molar-refractivity contribution in [3.8, 4) is 0 Å². The van der Waals surface area contributed by atoms with Crippen LogP contribution in [0.4, 0.5) is 5.69 Å². The van der Waals surface area contributed by atoms with Gasteiger partial charge in [-0.25, -0.2) is 17.9 Å². The zero-order valence-electron chi connectivity index (χ0n) is 14.8. The summed E-state index contributed by atoms with van der Waals surface area (Å²) in [6.07, 6.45) is 1.28. The second-order valence-corrected chi connectivity index (χ2v) is 7.50. The van der Waals surface area contributed by atoms with Crippen molar-refractivity contribution >= 4 is 27.6 Å². The van der Waals surface area contributed by atoms with Crippen molar-refractivity contribution in [3.05, 3.63) is 47.8 Å². The number of rotatable bonds is 7. The lowest BCUT2D eigenvalue weighted by Crippen LogP contribution is -2.27. The van der Waals surface area contributed by atoms with Crippen LogP contribution in [0.1, 0.15) is 22.5 Å². The largest absolute Gasteiger partial charge is 0.464 e. The number of carbonyl (C=O) groups is 2. The Morgan fingerprint density at radius 3 is 2.62 bits per heavy atom. The van der Waals surface area contributed by atoms with E-state index in [1.807, 2.05) is 25.1 Å². The van der Waals surface area contributed by atoms with Crippen molar-refractivity contribution in [2.24, 2.45) is 7.05 Å². The monoisotopic (exact) mass is 379 g/mol. The lowest BCUT2D eigenvalue weighted by molar-refractivity contribution is -0.116. The number of esters is 1. The average molecular weight is 379 g/mol. The first-order valence-electron chi connectivity index (χ1n) is 7.84. The molecular formula is C17H21N3O5S. The standard InChI is InChI=1S/C17H21N3O5S/c1-12-5-4-6-13(9-12)19-16(21)7-8-18-26(23,24)14-10-15(17(22)25-3)20(2)11-14/h4-6,9-11,18H,7-8H2,1-3H3,(H,19,21). The maximum Gasteiger partial charge on any atom is 0.354 e. The van der Waals surface area contributed by atoms with Gasteiger partial charge in [-0.3, -0.25) is 4.79 Å². The Balaban J connectivity index is 1.94. The molecule has 1 aromatic heterocycles. The first-order valence-corrected chi connectivity index (χ1v) is 9.32. The summed E-state index contributed by atoms with van der Waals surface area (Å²) in [5.74, 6) is -0.937. The van der Waals surface area contributed by atoms with Gasteiger partial charge in [-0.1, -0.05) is 12.1 Å². The maximum atomic E-state index is 12.3. The van der Waals surface area contributed by atoms with E-state index in [1.54, 1.807) is 13.1 Å². The normalized spacial score (nSPS) is 11.2. The van der Waals surface area contributed by atoms with Gasteiger partial charge in [0.1, 0.15) is 10.6 Å². The molecule has 0 radical (unpaired) electrons. The van der Waals surface area contributed by atoms with Gasteiger partial charge < -0.3 is 14.6 Å². The Labute approximate surface area is 152 Å². The minimum atomic E-state index is -3.84. The topological polar surface area (TPSA) is 106 Å². The van der Waals surface area contributed by atoms with Crippen LogP contribution in [0.15, 0.2) is 41.4 Å². The quantitative estimate of drug-likeness (QED) is 0.708. The third-order valence-corrected chi connectivity index (χ3v) is 5.06. The van der Waals surface area contributed by atoms with Crippen LogP contribution >= 0.6 is 0 Å². The van der Waals surface area contributed by atoms with Crippen LogP contribution in [0.2, 0.25) is 0 Å². The number of carbonyl (C=O) groups excluding carboxylic acids is 2. The molecule has 2 aromatic rings. The van der Waals surface area contributed by atoms with Crippen LogP contribution in [-0.4, -0.2) is 38.5 Å². The number of methoxy groups -OCH3 is 1. The van der Waals surface area contributed by atoms with Gasteiger partial charge in [0.2, 0.25) is 15.9 Å². The van der Waals surface area contributed by atoms with Crippen LogP contribution in [0.25, 0.3) is 0 Å². The fraction of sp³-hybridized carbons (Fsp3) is 0.294. The van der Waals surface area contributed by atoms with E-state index in [0.717, 1.165) is 5.56 Å². The minimum Gasteiger partial charge on any atom is -0.464 e. The summed E-state index contributed by atoms with van der Waals surface area (Å²) >= 11 is 0. The molecule has 8 nitrogen and oxygen atoms in total. The number of nitrogens with zero attached hydrogens (tertiary/aromatic N) is 1. The Kier molecular flexibility index (Phi) is 6.17. The highest BCUT2D eigenvalue weighted by molar-refractivity contribution is 7.89. The predicted molar refractivity (Wildman–Crippen MR) is 96.4 cm³/mol. The van der Waals surface area contributed by atoms with Crippen molar-refractivity contribution in [3.63, 3.8) is 0 Å². The average Bonchev–Trinajstić information content (AvgIpc) is 2.96. The number of ether oxygens (including phenoxy) is 1. The molecule has 1 amide bonds. The lowest BCUT2D eigenvalue weighted by atomic mass is 10.2. The zero-order chi connectivity index (χ0) is 19.3. The number of hydrogen-bond donors (Lipinski definition) is 2. The number of benzene rings is 1. The highest BCUT2D eigenvalue weighted by Gasteiger charge is 2.20. The first kappa shape index (κ1) is 19.7. The highest BCUT2D eigenvalue weighted by Crippen LogP contribution is 2.14. The number of hydrogen-bond acceptors (Lipinski definition) is 5. The van der Waals surface area contributed by atoms with Gasteiger partial charge in [-0.15, -0.1) is 0 Å². The molecule has 0 aliphatic heterocycles. The van der Waals surface area contributed by atoms with Crippen molar-refractivity contribution < 1.29 is 22.7 Å². The van der Waals surface area contributed by atoms with Gasteiger partial charge in [-0.2, -0.15) is 0 Å². The minimum absolute atomic E-state index is 0.0239. The van der Waals surface area contributed by atoms with Crippen molar-refractivity contribution in [2.45, 2.75) is 18.2 Å². The van der Waals surface area contributed by atoms with Gasteiger partial charge in [0.05, 0.1) is 7.11 Å². The molecule has 2 N–H and O–H groups in total. The molecule has 0 bridgehead atoms. The van der Waals surface area contributed by atoms with E-state index in [-0.39, 0.29) is 29.5 Å². The summed E-state index contributed by atoms with van der Waals surface area (Å²) in [6.45, 7) is 1.84. The molecule has 0 saturated carbocycles. The third-order valence-electron chi connectivity index (χ3n) is 3.63. The van der Waals surface area contributed by atoms with Gasteiger partial charge in [0, 0.05) is 31.9 Å². The smallest absolute Gasteiger partial charge is 0.354 e. The molecule has 0 atom stereocenters. The number of anilines is 1. The van der Waals surface area contributed by atoms with E-state index in [1.165, 1.54) is 23.9 Å². The molecular weight excluding hydrogens is 358 g/mol. The molecule has 0 aliphatic rings. The Hall–Kier alpha value is -2.65. The zero-order valence-corrected chi connectivity index (χ0v) is 15.6. The number of aromatic nitrogens is 1. The van der Waals surface area contributed by atoms with Crippen LogP contribution in [0, 0.1) is 6.92 Å². The summed E-state index contributed by atoms with van der Waals surface area (Å²) in [6, 6.07) is 8.53. The summed E-state index contributed by atoms with van der Waals surface area (Å²) in [4.78, 5) is 23.4. The molecule has 0 aliphatic carbocycles. The molecule has 9 heteroatoms. The molecule has 2 rings (SSSR count). The van der Waals surface area contributed by atoms with Crippen LogP contribution in [-0.2, 0) is 26.6 Å². The first-order chi connectivity index (χ1) is 12.2. The molecule has 26 heavy (non-hydrogen) atoms. The van der Waals surface area contributed by atoms with E-state index < -0.39 is 16.0 Å². The summed E-state index contributed by atoms with van der Waals surface area (Å²) < 4.78 is 32.9. The molecule has 140 valence electrons. The SMILES string of the molecule is COC(=O)c1cc(S(=O)(=O)NCCC(=O)Nc2cccc(C)c2)cn1C. The maximum absolute atomic E-state index is 12.3. The molecule has 1 heterocycles. The number of amides is 1. The molecule has 1 aromatic carbocycles. The van der Waals surface area contributed by atoms with Crippen LogP contribution in [0.3, 0.4) is 0 Å². The Morgan fingerprint density at radius 1 is 1.23 bits per heavy atom. The molecule has 0 fully saturated rings. The third kappa shape index (κ3) is 4.93. The van der Waals surface area contributed by atoms with E-state index in [4.69, 9.17) is 0 Å². The second-order valence-electron chi connectivity index (χ2n) is 5.73. The fourth-order valence-electron chi connectivity index (χ4n) is 2.32. The van der Waals surface area contributed by atoms with E-state index in [2.05, 4.69) is 14.8 Å². The molecule has 0 spiro atoms. The number of aryl methyl sites for hydroxylation is 2. The van der Waals surface area contributed by atoms with Crippen molar-refractivity contribution in [1.29, 1.82) is 0 Å². The van der Waals surface area contributed by atoms with Crippen LogP contribution in [0.5, 0.6) is 0 Å². The summed E-state index contributed by atoms with van der Waals surface area (Å²) in [7, 11) is -1.08. The Morgan fingerprint density at radius 2 is 1.96 bits per heavy atom. The van der Waals surface area contributed by atoms with Gasteiger partial charge in [0.15, 0.2) is 0 Å². The molecule has 0 unspecified atom stereocenters. The number of nitrogens with one attached hydrogen (secondary N) is 2.